The van der Waals surface area contributed by atoms with Crippen molar-refractivity contribution in [1.82, 2.24) is 9.62 Å². The van der Waals surface area contributed by atoms with Crippen molar-refractivity contribution < 1.29 is 18.5 Å². The zero-order valence-electron chi connectivity index (χ0n) is 20.8. The molecule has 1 fully saturated rings. The van der Waals surface area contributed by atoms with Gasteiger partial charge in [-0.15, -0.1) is 0 Å². The Morgan fingerprint density at radius 1 is 1.14 bits per heavy atom. The Kier molecular flexibility index (Phi) is 7.76. The van der Waals surface area contributed by atoms with Gasteiger partial charge in [0.05, 0.1) is 24.6 Å². The maximum absolute atomic E-state index is 12.9. The summed E-state index contributed by atoms with van der Waals surface area (Å²) < 4.78 is 19.6. The molecular formula is C26H34N4O4S. The lowest BCUT2D eigenvalue weighted by Crippen LogP contribution is -2.47. The van der Waals surface area contributed by atoms with Crippen LogP contribution in [0, 0.1) is 19.8 Å². The van der Waals surface area contributed by atoms with Crippen LogP contribution < -0.4 is 20.1 Å². The molecule has 1 aliphatic heterocycles. The first-order valence-corrected chi connectivity index (χ1v) is 13.5. The normalized spacial score (nSPS) is 20.6. The number of fused-ring (bicyclic) bond motifs is 1. The Balaban J connectivity index is 1.36. The number of hydrogen-bond donors (Lipinski definition) is 3. The topological polar surface area (TPSA) is 99.8 Å². The highest BCUT2D eigenvalue weighted by molar-refractivity contribution is 7.82. The quantitative estimate of drug-likeness (QED) is 0.532. The maximum Gasteiger partial charge on any atom is 0.322 e. The van der Waals surface area contributed by atoms with E-state index in [9.17, 15) is 13.8 Å². The molecule has 1 unspecified atom stereocenters. The van der Waals surface area contributed by atoms with Crippen molar-refractivity contribution in [2.75, 3.05) is 24.0 Å². The molecule has 2 aromatic rings. The predicted octanol–water partition coefficient (Wildman–Crippen LogP) is 4.24. The van der Waals surface area contributed by atoms with Gasteiger partial charge in [-0.2, -0.15) is 0 Å². The van der Waals surface area contributed by atoms with Crippen molar-refractivity contribution in [2.45, 2.75) is 58.7 Å². The van der Waals surface area contributed by atoms with Crippen molar-refractivity contribution in [1.29, 1.82) is 0 Å². The number of ether oxygens (including phenoxy) is 1. The van der Waals surface area contributed by atoms with Crippen molar-refractivity contribution in [3.05, 3.63) is 52.6 Å². The molecule has 2 aliphatic rings. The van der Waals surface area contributed by atoms with Gasteiger partial charge in [-0.05, 0) is 73.9 Å². The molecule has 3 N–H and O–H groups in total. The lowest BCUT2D eigenvalue weighted by atomic mass is 9.84. The van der Waals surface area contributed by atoms with Gasteiger partial charge in [-0.1, -0.05) is 12.1 Å². The van der Waals surface area contributed by atoms with Crippen LogP contribution in [0.1, 0.15) is 47.9 Å². The molecule has 3 amide bonds. The van der Waals surface area contributed by atoms with Gasteiger partial charge in [0.2, 0.25) is 5.91 Å². The highest BCUT2D eigenvalue weighted by Gasteiger charge is 2.34. The fourth-order valence-electron chi connectivity index (χ4n) is 5.02. The van der Waals surface area contributed by atoms with Crippen LogP contribution in [0.4, 0.5) is 16.2 Å². The molecule has 2 aromatic carbocycles. The van der Waals surface area contributed by atoms with Gasteiger partial charge in [0.25, 0.3) is 0 Å². The Labute approximate surface area is 209 Å². The number of carbonyl (C=O) groups is 2. The monoisotopic (exact) mass is 498 g/mol. The fourth-order valence-corrected chi connectivity index (χ4v) is 5.39. The number of hydrogen-bond acceptors (Lipinski definition) is 4. The van der Waals surface area contributed by atoms with Gasteiger partial charge in [0, 0.05) is 42.2 Å². The second-order valence-electron chi connectivity index (χ2n) is 9.45. The number of aryl methyl sites for hydroxylation is 2. The molecule has 0 bridgehead atoms. The molecule has 0 saturated heterocycles. The molecule has 9 heteroatoms. The third kappa shape index (κ3) is 5.85. The van der Waals surface area contributed by atoms with Crippen LogP contribution in [0.2, 0.25) is 0 Å². The molecule has 35 heavy (non-hydrogen) atoms. The molecule has 1 aliphatic carbocycles. The molecule has 1 heterocycles. The SMILES string of the molecule is COc1cc(NC(=O)C2CCC(N3Cc4c(C)cc(CNS(C)=O)cc4NC3=O)CC2)ccc1C. The zero-order chi connectivity index (χ0) is 25.1. The van der Waals surface area contributed by atoms with E-state index in [4.69, 9.17) is 4.74 Å². The van der Waals surface area contributed by atoms with Crippen LogP contribution in [0.15, 0.2) is 30.3 Å². The summed E-state index contributed by atoms with van der Waals surface area (Å²) in [5, 5.41) is 6.07. The Hall–Kier alpha value is -2.91. The summed E-state index contributed by atoms with van der Waals surface area (Å²) >= 11 is 0. The number of nitrogens with one attached hydrogen (secondary N) is 3. The van der Waals surface area contributed by atoms with E-state index >= 15 is 0 Å². The first-order chi connectivity index (χ1) is 16.7. The number of rotatable bonds is 7. The highest BCUT2D eigenvalue weighted by Crippen LogP contribution is 2.34. The fraction of sp³-hybridized carbons (Fsp3) is 0.462. The molecule has 4 rings (SSSR count). The summed E-state index contributed by atoms with van der Waals surface area (Å²) in [5.41, 5.74) is 5.79. The van der Waals surface area contributed by atoms with Crippen molar-refractivity contribution in [3.8, 4) is 5.75 Å². The third-order valence-electron chi connectivity index (χ3n) is 7.03. The van der Waals surface area contributed by atoms with E-state index in [0.29, 0.717) is 13.1 Å². The molecule has 0 spiro atoms. The minimum Gasteiger partial charge on any atom is -0.496 e. The summed E-state index contributed by atoms with van der Waals surface area (Å²) in [5.74, 6) is 0.703. The highest BCUT2D eigenvalue weighted by atomic mass is 32.2. The summed E-state index contributed by atoms with van der Waals surface area (Å²) in [6, 6.07) is 9.72. The van der Waals surface area contributed by atoms with Gasteiger partial charge in [-0.25, -0.2) is 13.7 Å². The molecule has 8 nitrogen and oxygen atoms in total. The van der Waals surface area contributed by atoms with Gasteiger partial charge in [0.1, 0.15) is 5.75 Å². The van der Waals surface area contributed by atoms with E-state index in [2.05, 4.69) is 21.4 Å². The van der Waals surface area contributed by atoms with E-state index in [1.807, 2.05) is 43.0 Å². The summed E-state index contributed by atoms with van der Waals surface area (Å²) in [7, 11) is 0.532. The largest absolute Gasteiger partial charge is 0.496 e. The standard InChI is InChI=1S/C26H34N4O4S/c1-16-5-8-20(13-24(16)34-3)28-25(31)19-6-9-21(10-7-19)30-15-22-17(2)11-18(14-27-35(4)33)12-23(22)29-26(30)32/h5,8,11-13,19,21,27H,6-7,9-10,14-15H2,1-4H3,(H,28,31)(H,29,32). The van der Waals surface area contributed by atoms with E-state index in [0.717, 1.165) is 65.1 Å². The summed E-state index contributed by atoms with van der Waals surface area (Å²) in [4.78, 5) is 27.7. The van der Waals surface area contributed by atoms with Crippen LogP contribution in [-0.4, -0.2) is 40.5 Å². The number of carbonyl (C=O) groups excluding carboxylic acids is 2. The first kappa shape index (κ1) is 25.2. The van der Waals surface area contributed by atoms with Crippen molar-refractivity contribution in [2.24, 2.45) is 5.92 Å². The zero-order valence-corrected chi connectivity index (χ0v) is 21.6. The Morgan fingerprint density at radius 3 is 2.57 bits per heavy atom. The molecule has 0 aromatic heterocycles. The lowest BCUT2D eigenvalue weighted by Gasteiger charge is -2.39. The van der Waals surface area contributed by atoms with Crippen LogP contribution in [0.25, 0.3) is 0 Å². The van der Waals surface area contributed by atoms with E-state index in [-0.39, 0.29) is 23.9 Å². The van der Waals surface area contributed by atoms with Gasteiger partial charge >= 0.3 is 6.03 Å². The minimum atomic E-state index is -1.09. The predicted molar refractivity (Wildman–Crippen MR) is 139 cm³/mol. The van der Waals surface area contributed by atoms with Crippen molar-refractivity contribution in [3.63, 3.8) is 0 Å². The second-order valence-corrected chi connectivity index (χ2v) is 10.6. The van der Waals surface area contributed by atoms with E-state index < -0.39 is 11.0 Å². The van der Waals surface area contributed by atoms with E-state index in [1.165, 1.54) is 0 Å². The van der Waals surface area contributed by atoms with Crippen LogP contribution in [-0.2, 0) is 28.9 Å². The van der Waals surface area contributed by atoms with Crippen LogP contribution in [0.5, 0.6) is 5.75 Å². The average Bonchev–Trinajstić information content (AvgIpc) is 2.83. The second kappa shape index (κ2) is 10.8. The maximum atomic E-state index is 12.9. The van der Waals surface area contributed by atoms with Gasteiger partial charge in [-0.3, -0.25) is 4.79 Å². The Bertz CT molecular complexity index is 1140. The Morgan fingerprint density at radius 2 is 1.89 bits per heavy atom. The number of amides is 3. The van der Waals surface area contributed by atoms with E-state index in [1.54, 1.807) is 13.4 Å². The lowest BCUT2D eigenvalue weighted by molar-refractivity contribution is -0.121. The van der Waals surface area contributed by atoms with Gasteiger partial charge in [0.15, 0.2) is 0 Å². The van der Waals surface area contributed by atoms with Crippen LogP contribution >= 0.6 is 0 Å². The summed E-state index contributed by atoms with van der Waals surface area (Å²) in [6.45, 7) is 5.06. The minimum absolute atomic E-state index is 0.0211. The summed E-state index contributed by atoms with van der Waals surface area (Å²) in [6.07, 6.45) is 4.67. The molecule has 188 valence electrons. The third-order valence-corrected chi connectivity index (χ3v) is 7.58. The number of urea groups is 1. The van der Waals surface area contributed by atoms with Gasteiger partial charge < -0.3 is 20.3 Å². The smallest absolute Gasteiger partial charge is 0.322 e. The molecule has 1 saturated carbocycles. The molecule has 1 atom stereocenters. The average molecular weight is 499 g/mol. The first-order valence-electron chi connectivity index (χ1n) is 12.0. The number of methoxy groups -OCH3 is 1. The molecular weight excluding hydrogens is 464 g/mol. The number of benzene rings is 2. The molecule has 0 radical (unpaired) electrons. The number of anilines is 2. The van der Waals surface area contributed by atoms with Crippen LogP contribution in [0.3, 0.4) is 0 Å². The number of nitrogens with zero attached hydrogens (tertiary/aromatic N) is 1. The van der Waals surface area contributed by atoms with Crippen molar-refractivity contribution >= 4 is 34.3 Å².